The third-order valence-corrected chi connectivity index (χ3v) is 12.8. The van der Waals surface area contributed by atoms with E-state index in [1.807, 2.05) is 31.2 Å². The Kier molecular flexibility index (Phi) is 15.7. The number of carbonyl (C=O) groups is 3. The molecule has 0 atom stereocenters. The molecule has 1 fully saturated rings. The predicted molar refractivity (Wildman–Crippen MR) is 225 cm³/mol. The zero-order valence-corrected chi connectivity index (χ0v) is 43.3. The monoisotopic (exact) mass is 878 g/mol. The summed E-state index contributed by atoms with van der Waals surface area (Å²) >= 11 is 0. The van der Waals surface area contributed by atoms with Gasteiger partial charge >= 0.3 is 109 Å². The quantitative estimate of drug-likeness (QED) is 0.0405. The number of amides is 2. The van der Waals surface area contributed by atoms with E-state index in [2.05, 4.69) is 99.6 Å². The van der Waals surface area contributed by atoms with E-state index in [1.165, 1.54) is 34.0 Å². The first-order chi connectivity index (χ1) is 27.5. The molecule has 13 heteroatoms. The third-order valence-electron chi connectivity index (χ3n) is 12.0. The second kappa shape index (κ2) is 19.3. The topological polar surface area (TPSA) is 127 Å². The van der Waals surface area contributed by atoms with Gasteiger partial charge in [-0.1, -0.05) is 51.1 Å². The van der Waals surface area contributed by atoms with E-state index in [0.29, 0.717) is 18.0 Å². The molecule has 4 aromatic rings. The molecule has 0 radical (unpaired) electrons. The van der Waals surface area contributed by atoms with Gasteiger partial charge < -0.3 is 14.3 Å². The van der Waals surface area contributed by atoms with Crippen molar-refractivity contribution in [2.75, 3.05) is 18.0 Å². The van der Waals surface area contributed by atoms with Crippen LogP contribution in [-0.2, 0) is 40.2 Å². The third kappa shape index (κ3) is 9.25. The van der Waals surface area contributed by atoms with Gasteiger partial charge in [0.2, 0.25) is 0 Å². The van der Waals surface area contributed by atoms with Crippen molar-refractivity contribution in [2.24, 2.45) is 0 Å². The van der Waals surface area contributed by atoms with Crippen molar-refractivity contribution in [1.82, 2.24) is 5.06 Å². The fourth-order valence-electron chi connectivity index (χ4n) is 9.16. The van der Waals surface area contributed by atoms with Crippen molar-refractivity contribution in [1.29, 1.82) is 0 Å². The summed E-state index contributed by atoms with van der Waals surface area (Å²) in [6.07, 6.45) is 12.8. The zero-order chi connectivity index (χ0) is 41.7. The summed E-state index contributed by atoms with van der Waals surface area (Å²) in [5.41, 5.74) is 7.72. The van der Waals surface area contributed by atoms with Crippen LogP contribution in [0.4, 0.5) is 11.4 Å². The fourth-order valence-corrected chi connectivity index (χ4v) is 9.75. The Morgan fingerprint density at radius 2 is 1.53 bits per heavy atom. The second-order valence-electron chi connectivity index (χ2n) is 16.5. The number of benzene rings is 4. The molecule has 60 heavy (non-hydrogen) atoms. The number of hydrogen-bond acceptors (Lipinski definition) is 8. The first kappa shape index (κ1) is 48.9. The Bertz CT molecular complexity index is 2630. The predicted octanol–water partition coefficient (Wildman–Crippen LogP) is 2.68. The number of fused-ring (bicyclic) bond motifs is 6. The van der Waals surface area contributed by atoms with E-state index in [0.717, 1.165) is 64.1 Å². The van der Waals surface area contributed by atoms with E-state index in [9.17, 15) is 27.4 Å². The van der Waals surface area contributed by atoms with E-state index < -0.39 is 33.3 Å². The van der Waals surface area contributed by atoms with E-state index in [1.54, 1.807) is 0 Å². The molecule has 302 valence electrons. The number of anilines is 1. The number of imide groups is 1. The molecule has 7 rings (SSSR count). The summed E-state index contributed by atoms with van der Waals surface area (Å²) in [5, 5.41) is 4.68. The van der Waals surface area contributed by atoms with Gasteiger partial charge in [-0.25, -0.2) is 13.2 Å². The van der Waals surface area contributed by atoms with Gasteiger partial charge in [0.05, 0.1) is 10.3 Å². The zero-order valence-electron chi connectivity index (χ0n) is 36.3. The Morgan fingerprint density at radius 1 is 0.850 bits per heavy atom. The van der Waals surface area contributed by atoms with Crippen LogP contribution in [0.5, 0.6) is 0 Å². The maximum atomic E-state index is 12.4. The number of carbonyl (C=O) groups excluding carboxylic acids is 3. The molecule has 3 heterocycles. The summed E-state index contributed by atoms with van der Waals surface area (Å²) in [6.45, 7) is 16.3. The Labute approximate surface area is 438 Å². The second-order valence-corrected chi connectivity index (χ2v) is 17.9. The summed E-state index contributed by atoms with van der Waals surface area (Å²) < 4.78 is 38.7. The van der Waals surface area contributed by atoms with Crippen LogP contribution in [0.15, 0.2) is 89.5 Å². The smallest absolute Gasteiger partial charge is 0.744 e. The first-order valence-corrected chi connectivity index (χ1v) is 21.4. The van der Waals surface area contributed by atoms with E-state index >= 15 is 0 Å². The van der Waals surface area contributed by atoms with Crippen LogP contribution in [0.1, 0.15) is 95.4 Å². The summed E-state index contributed by atoms with van der Waals surface area (Å²) in [5.74, 6) is -1.53. The molecule has 0 spiro atoms. The molecule has 0 unspecified atom stereocenters. The molecule has 0 saturated carbocycles. The maximum Gasteiger partial charge on any atom is 1.00 e. The minimum Gasteiger partial charge on any atom is -0.744 e. The van der Waals surface area contributed by atoms with Crippen LogP contribution in [0.2, 0.25) is 0 Å². The van der Waals surface area contributed by atoms with E-state index in [-0.39, 0.29) is 132 Å². The molecule has 10 nitrogen and oxygen atoms in total. The number of hydrogen-bond donors (Lipinski definition) is 0. The minimum absolute atomic E-state index is 0. The summed E-state index contributed by atoms with van der Waals surface area (Å²) in [4.78, 5) is 43.2. The maximum absolute atomic E-state index is 12.4. The number of aryl methyl sites for hydroxylation is 2. The van der Waals surface area contributed by atoms with Gasteiger partial charge in [-0.15, -0.1) is 15.8 Å². The van der Waals surface area contributed by atoms with Gasteiger partial charge in [-0.2, -0.15) is 28.3 Å². The molecular formula is C47H50K2N3O7S+. The van der Waals surface area contributed by atoms with Gasteiger partial charge in [-0.3, -0.25) is 9.59 Å². The molecule has 4 aromatic carbocycles. The van der Waals surface area contributed by atoms with Gasteiger partial charge in [0.15, 0.2) is 11.4 Å². The fraction of sp³-hybridized carbons (Fsp3) is 0.362. The minimum atomic E-state index is -4.63. The van der Waals surface area contributed by atoms with Crippen molar-refractivity contribution < 1.29 is 140 Å². The van der Waals surface area contributed by atoms with Crippen molar-refractivity contribution in [3.8, 4) is 0 Å². The van der Waals surface area contributed by atoms with Gasteiger partial charge in [0, 0.05) is 61.2 Å². The Hall–Kier alpha value is -2.12. The molecule has 3 aliphatic heterocycles. The van der Waals surface area contributed by atoms with Crippen LogP contribution in [-0.4, -0.2) is 59.2 Å². The Morgan fingerprint density at radius 3 is 2.22 bits per heavy atom. The van der Waals surface area contributed by atoms with Crippen molar-refractivity contribution >= 4 is 66.5 Å². The average molecular weight is 879 g/mol. The largest absolute Gasteiger partial charge is 1.00 e. The molecule has 1 saturated heterocycles. The number of nitrogens with zero attached hydrogens (tertiary/aromatic N) is 3. The molecule has 3 aliphatic rings. The van der Waals surface area contributed by atoms with Crippen molar-refractivity contribution in [2.45, 2.75) is 103 Å². The van der Waals surface area contributed by atoms with Crippen LogP contribution < -0.4 is 108 Å². The normalized spacial score (nSPS) is 17.6. The van der Waals surface area contributed by atoms with Crippen molar-refractivity contribution in [3.05, 3.63) is 113 Å². The van der Waals surface area contributed by atoms with Gasteiger partial charge in [0.25, 0.3) is 11.8 Å². The van der Waals surface area contributed by atoms with Gasteiger partial charge in [0.1, 0.15) is 16.7 Å². The molecular weight excluding hydrogens is 829 g/mol. The van der Waals surface area contributed by atoms with Crippen LogP contribution in [0.25, 0.3) is 21.5 Å². The van der Waals surface area contributed by atoms with E-state index in [4.69, 9.17) is 4.84 Å². The number of rotatable bonds is 12. The number of unbranched alkanes of at least 4 members (excludes halogenated alkanes) is 2. The van der Waals surface area contributed by atoms with Crippen LogP contribution in [0.3, 0.4) is 0 Å². The van der Waals surface area contributed by atoms with Gasteiger partial charge in [-0.05, 0) is 92.3 Å². The standard InChI is InChI=1S/C47H51N3O7S.2K/c1-8-48-37-23-22-34-31(3)28-32(58(54,55)56)29-36(34)45(37)46(4,5)39(48)18-11-9-12-19-40-47(6,7)44-35-17-15-16-30(2)33(35)21-24-38(44)49(40)27-14-10-13-20-43(53)57-50-41(51)25-26-42(50)52;;/h9,11-12,16-19,21-24,28-29H,8,10,13-14,20,25-27H2,1-7H3,(H,54,55,56);;/q;2*+1/p-1. The van der Waals surface area contributed by atoms with Crippen molar-refractivity contribution in [3.63, 3.8) is 0 Å². The average Bonchev–Trinajstić information content (AvgIpc) is 3.69. The SMILES string of the molecule is CCN1/C(=C/C=C/C=C/C2=[N+](CCCCCC(=O)ON3C(=O)CCC3=O)c3ccc4c(C)c[c-]cc4c3C2(C)C)C(C)(C)c2c1ccc1c(C)cc(S(=O)(=O)[O-])cc21.[K+].[K+]. The molecule has 0 bridgehead atoms. The number of likely N-dealkylation sites (N-methyl/N-ethyl adjacent to an activating group) is 1. The summed E-state index contributed by atoms with van der Waals surface area (Å²) in [6, 6.07) is 18.9. The number of allylic oxidation sites excluding steroid dienone is 6. The number of hydroxylamine groups is 2. The summed E-state index contributed by atoms with van der Waals surface area (Å²) in [7, 11) is -4.63. The molecule has 0 aliphatic carbocycles. The molecule has 0 aromatic heterocycles. The first-order valence-electron chi connectivity index (χ1n) is 20.0. The molecule has 0 N–H and O–H groups in total. The van der Waals surface area contributed by atoms with Crippen LogP contribution in [0, 0.1) is 19.9 Å². The Balaban J connectivity index is 0.00000341. The molecule has 2 amide bonds. The van der Waals surface area contributed by atoms with Crippen LogP contribution >= 0.6 is 0 Å².